The maximum atomic E-state index is 13.3. The molecule has 27 heavy (non-hydrogen) atoms. The Hall–Kier alpha value is -2.80. The second-order valence-corrected chi connectivity index (χ2v) is 6.39. The van der Waals surface area contributed by atoms with E-state index in [9.17, 15) is 18.4 Å². The van der Waals surface area contributed by atoms with Gasteiger partial charge in [-0.25, -0.2) is 8.78 Å². The maximum Gasteiger partial charge on any atom is 0.308 e. The lowest BCUT2D eigenvalue weighted by Gasteiger charge is -2.33. The van der Waals surface area contributed by atoms with Crippen LogP contribution in [0.5, 0.6) is 0 Å². The molecule has 1 fully saturated rings. The Morgan fingerprint density at radius 3 is 2.52 bits per heavy atom. The minimum atomic E-state index is -0.708. The summed E-state index contributed by atoms with van der Waals surface area (Å²) in [6.07, 6.45) is -0.0975. The van der Waals surface area contributed by atoms with Crippen LogP contribution in [0.2, 0.25) is 0 Å². The smallest absolute Gasteiger partial charge is 0.308 e. The van der Waals surface area contributed by atoms with Gasteiger partial charge in [-0.3, -0.25) is 9.59 Å². The molecule has 1 aliphatic rings. The van der Waals surface area contributed by atoms with E-state index in [2.05, 4.69) is 5.32 Å². The van der Waals surface area contributed by atoms with E-state index >= 15 is 0 Å². The van der Waals surface area contributed by atoms with Crippen LogP contribution in [-0.4, -0.2) is 35.9 Å². The minimum absolute atomic E-state index is 0.0881. The average Bonchev–Trinajstić information content (AvgIpc) is 2.63. The van der Waals surface area contributed by atoms with Crippen LogP contribution < -0.4 is 5.32 Å². The van der Waals surface area contributed by atoms with E-state index in [-0.39, 0.29) is 25.5 Å². The fraction of sp³-hybridized carbons (Fsp3) is 0.300. The van der Waals surface area contributed by atoms with Crippen molar-refractivity contribution >= 4 is 11.9 Å². The Kier molecular flexibility index (Phi) is 6.13. The lowest BCUT2D eigenvalue weighted by atomic mass is 10.1. The van der Waals surface area contributed by atoms with E-state index in [0.717, 1.165) is 11.6 Å². The molecule has 3 rings (SSSR count). The van der Waals surface area contributed by atoms with Gasteiger partial charge < -0.3 is 15.0 Å². The van der Waals surface area contributed by atoms with Crippen molar-refractivity contribution in [3.05, 3.63) is 71.3 Å². The van der Waals surface area contributed by atoms with Crippen LogP contribution >= 0.6 is 0 Å². The molecule has 1 heterocycles. The molecule has 2 aromatic carbocycles. The first kappa shape index (κ1) is 19.0. The molecule has 2 aromatic rings. The molecule has 1 amide bonds. The van der Waals surface area contributed by atoms with Gasteiger partial charge >= 0.3 is 5.97 Å². The summed E-state index contributed by atoms with van der Waals surface area (Å²) in [5.74, 6) is -2.15. The monoisotopic (exact) mass is 374 g/mol. The van der Waals surface area contributed by atoms with Gasteiger partial charge in [-0.1, -0.05) is 30.3 Å². The molecule has 0 aromatic heterocycles. The zero-order valence-corrected chi connectivity index (χ0v) is 14.7. The van der Waals surface area contributed by atoms with Crippen LogP contribution in [0.15, 0.2) is 48.5 Å². The van der Waals surface area contributed by atoms with Crippen LogP contribution in [-0.2, 0) is 27.5 Å². The first-order chi connectivity index (χ1) is 13.0. The van der Waals surface area contributed by atoms with Crippen molar-refractivity contribution in [2.24, 2.45) is 0 Å². The number of nitrogens with one attached hydrogen (secondary N) is 1. The predicted molar refractivity (Wildman–Crippen MR) is 94.4 cm³/mol. The third-order valence-electron chi connectivity index (χ3n) is 4.29. The van der Waals surface area contributed by atoms with Gasteiger partial charge in [0.15, 0.2) is 0 Å². The molecule has 1 atom stereocenters. The third-order valence-corrected chi connectivity index (χ3v) is 4.29. The fourth-order valence-corrected chi connectivity index (χ4v) is 2.99. The molecule has 1 saturated heterocycles. The lowest BCUT2D eigenvalue weighted by molar-refractivity contribution is -0.149. The molecule has 7 heteroatoms. The number of piperazine rings is 1. The SMILES string of the molecule is O=C(CC1NCCN(Cc2cc(F)cc(F)c2)C1=O)OCc1ccccc1. The van der Waals surface area contributed by atoms with E-state index in [1.807, 2.05) is 30.3 Å². The summed E-state index contributed by atoms with van der Waals surface area (Å²) in [5.41, 5.74) is 1.23. The molecular weight excluding hydrogens is 354 g/mol. The van der Waals surface area contributed by atoms with E-state index in [1.165, 1.54) is 17.0 Å². The number of amides is 1. The van der Waals surface area contributed by atoms with Gasteiger partial charge in [0.2, 0.25) is 5.91 Å². The zero-order chi connectivity index (χ0) is 19.2. The Morgan fingerprint density at radius 2 is 1.81 bits per heavy atom. The highest BCUT2D eigenvalue weighted by atomic mass is 19.1. The number of rotatable bonds is 6. The molecule has 1 N–H and O–H groups in total. The molecule has 142 valence electrons. The number of hydrogen-bond donors (Lipinski definition) is 1. The number of ether oxygens (including phenoxy) is 1. The van der Waals surface area contributed by atoms with Crippen molar-refractivity contribution in [2.75, 3.05) is 13.1 Å². The third kappa shape index (κ3) is 5.34. The number of carbonyl (C=O) groups is 2. The van der Waals surface area contributed by atoms with E-state index in [1.54, 1.807) is 0 Å². The Bertz CT molecular complexity index is 794. The van der Waals surface area contributed by atoms with E-state index in [4.69, 9.17) is 4.74 Å². The van der Waals surface area contributed by atoms with Crippen LogP contribution in [0.1, 0.15) is 17.5 Å². The van der Waals surface area contributed by atoms with Gasteiger partial charge in [0.05, 0.1) is 12.5 Å². The topological polar surface area (TPSA) is 58.6 Å². The van der Waals surface area contributed by atoms with Gasteiger partial charge in [-0.2, -0.15) is 0 Å². The molecule has 0 spiro atoms. The van der Waals surface area contributed by atoms with Crippen molar-refractivity contribution in [1.82, 2.24) is 10.2 Å². The van der Waals surface area contributed by atoms with Gasteiger partial charge in [0.25, 0.3) is 0 Å². The van der Waals surface area contributed by atoms with Crippen LogP contribution in [0.25, 0.3) is 0 Å². The summed E-state index contributed by atoms with van der Waals surface area (Å²) in [6.45, 7) is 1.12. The summed E-state index contributed by atoms with van der Waals surface area (Å²) < 4.78 is 31.9. The number of benzene rings is 2. The predicted octanol–water partition coefficient (Wildman–Crippen LogP) is 2.40. The lowest BCUT2D eigenvalue weighted by Crippen LogP contribution is -2.55. The van der Waals surface area contributed by atoms with Crippen molar-refractivity contribution in [1.29, 1.82) is 0 Å². The van der Waals surface area contributed by atoms with E-state index < -0.39 is 23.6 Å². The van der Waals surface area contributed by atoms with Crippen LogP contribution in [0.3, 0.4) is 0 Å². The molecule has 0 saturated carbocycles. The molecule has 0 bridgehead atoms. The number of halogens is 2. The van der Waals surface area contributed by atoms with Gasteiger partial charge in [-0.05, 0) is 23.3 Å². The standard InChI is InChI=1S/C20H20F2N2O3/c21-16-8-15(9-17(22)10-16)12-24-7-6-23-18(20(24)26)11-19(25)27-13-14-4-2-1-3-5-14/h1-5,8-10,18,23H,6-7,11-13H2. The second-order valence-electron chi connectivity index (χ2n) is 6.39. The first-order valence-corrected chi connectivity index (χ1v) is 8.68. The quantitative estimate of drug-likeness (QED) is 0.789. The molecule has 1 aliphatic heterocycles. The summed E-state index contributed by atoms with van der Waals surface area (Å²) in [7, 11) is 0. The largest absolute Gasteiger partial charge is 0.461 e. The summed E-state index contributed by atoms with van der Waals surface area (Å²) >= 11 is 0. The highest BCUT2D eigenvalue weighted by molar-refractivity contribution is 5.87. The normalized spacial score (nSPS) is 17.0. The number of hydrogen-bond acceptors (Lipinski definition) is 4. The Morgan fingerprint density at radius 1 is 1.11 bits per heavy atom. The fourth-order valence-electron chi connectivity index (χ4n) is 2.99. The first-order valence-electron chi connectivity index (χ1n) is 8.68. The molecule has 1 unspecified atom stereocenters. The number of carbonyl (C=O) groups excluding carboxylic acids is 2. The van der Waals surface area contributed by atoms with Gasteiger partial charge in [0, 0.05) is 25.7 Å². The summed E-state index contributed by atoms with van der Waals surface area (Å²) in [5, 5.41) is 3.00. The number of nitrogens with zero attached hydrogens (tertiary/aromatic N) is 1. The Balaban J connectivity index is 1.55. The van der Waals surface area contributed by atoms with Crippen molar-refractivity contribution < 1.29 is 23.1 Å². The molecule has 0 radical (unpaired) electrons. The summed E-state index contributed by atoms with van der Waals surface area (Å²) in [6, 6.07) is 11.7. The van der Waals surface area contributed by atoms with Crippen molar-refractivity contribution in [3.63, 3.8) is 0 Å². The maximum absolute atomic E-state index is 13.3. The minimum Gasteiger partial charge on any atom is -0.461 e. The van der Waals surface area contributed by atoms with Crippen LogP contribution in [0, 0.1) is 11.6 Å². The van der Waals surface area contributed by atoms with E-state index in [0.29, 0.717) is 18.7 Å². The van der Waals surface area contributed by atoms with Crippen molar-refractivity contribution in [2.45, 2.75) is 25.6 Å². The molecular formula is C20H20F2N2O3. The average molecular weight is 374 g/mol. The molecule has 0 aliphatic carbocycles. The summed E-state index contributed by atoms with van der Waals surface area (Å²) in [4.78, 5) is 26.1. The zero-order valence-electron chi connectivity index (χ0n) is 14.7. The van der Waals surface area contributed by atoms with Crippen molar-refractivity contribution in [3.8, 4) is 0 Å². The number of esters is 1. The second kappa shape index (κ2) is 8.73. The van der Waals surface area contributed by atoms with Gasteiger partial charge in [-0.15, -0.1) is 0 Å². The highest BCUT2D eigenvalue weighted by Crippen LogP contribution is 2.14. The highest BCUT2D eigenvalue weighted by Gasteiger charge is 2.30. The Labute approximate surface area is 155 Å². The molecule has 5 nitrogen and oxygen atoms in total. The van der Waals surface area contributed by atoms with Gasteiger partial charge in [0.1, 0.15) is 18.2 Å². The van der Waals surface area contributed by atoms with Crippen LogP contribution in [0.4, 0.5) is 8.78 Å².